The fourth-order valence-corrected chi connectivity index (χ4v) is 4.48. The zero-order chi connectivity index (χ0) is 26.3. The van der Waals surface area contributed by atoms with E-state index in [4.69, 9.17) is 4.74 Å². The first-order chi connectivity index (χ1) is 17.0. The van der Waals surface area contributed by atoms with Gasteiger partial charge in [0.15, 0.2) is 0 Å². The zero-order valence-electron chi connectivity index (χ0n) is 20.8. The summed E-state index contributed by atoms with van der Waals surface area (Å²) < 4.78 is 44.8. The molecular formula is C27H34F3N3O3. The lowest BCUT2D eigenvalue weighted by Crippen LogP contribution is -2.52. The van der Waals surface area contributed by atoms with Crippen LogP contribution in [0.1, 0.15) is 49.0 Å². The Morgan fingerprint density at radius 3 is 2.47 bits per heavy atom. The van der Waals surface area contributed by atoms with Crippen molar-refractivity contribution in [2.24, 2.45) is 5.92 Å². The van der Waals surface area contributed by atoms with E-state index >= 15 is 0 Å². The van der Waals surface area contributed by atoms with Crippen LogP contribution >= 0.6 is 0 Å². The molecule has 1 fully saturated rings. The van der Waals surface area contributed by atoms with Gasteiger partial charge in [0, 0.05) is 29.6 Å². The number of hydrogen-bond donors (Lipinski definition) is 2. The molecule has 9 heteroatoms. The van der Waals surface area contributed by atoms with Crippen LogP contribution < -0.4 is 15.4 Å². The molecular weight excluding hydrogens is 471 g/mol. The summed E-state index contributed by atoms with van der Waals surface area (Å²) in [5.74, 6) is -0.299. The first kappa shape index (κ1) is 27.5. The van der Waals surface area contributed by atoms with Crippen molar-refractivity contribution in [2.75, 3.05) is 20.2 Å². The molecule has 0 aliphatic heterocycles. The SMILES string of the molecule is CC(C)N(C)[C@@H]1CC[C@H](NC(=O)CNC(=O)c2cccc(C(F)(F)F)c2)[C@@H](COc2ccccc2)C1. The lowest BCUT2D eigenvalue weighted by molar-refractivity contribution is -0.137. The quantitative estimate of drug-likeness (QED) is 0.526. The summed E-state index contributed by atoms with van der Waals surface area (Å²) in [6, 6.07) is 14.2. The normalized spacial score (nSPS) is 20.3. The molecule has 0 unspecified atom stereocenters. The van der Waals surface area contributed by atoms with E-state index in [1.165, 1.54) is 12.1 Å². The van der Waals surface area contributed by atoms with Crippen LogP contribution in [0, 0.1) is 5.92 Å². The third-order valence-electron chi connectivity index (χ3n) is 6.76. The van der Waals surface area contributed by atoms with E-state index < -0.39 is 17.6 Å². The Labute approximate surface area is 210 Å². The van der Waals surface area contributed by atoms with E-state index in [1.54, 1.807) is 0 Å². The number of nitrogens with one attached hydrogen (secondary N) is 2. The second-order valence-electron chi connectivity index (χ2n) is 9.55. The van der Waals surface area contributed by atoms with Gasteiger partial charge in [-0.25, -0.2) is 0 Å². The van der Waals surface area contributed by atoms with Crippen molar-refractivity contribution >= 4 is 11.8 Å². The van der Waals surface area contributed by atoms with Crippen molar-refractivity contribution in [1.29, 1.82) is 0 Å². The number of carbonyl (C=O) groups excluding carboxylic acids is 2. The summed E-state index contributed by atoms with van der Waals surface area (Å²) >= 11 is 0. The van der Waals surface area contributed by atoms with E-state index in [-0.39, 0.29) is 30.0 Å². The molecule has 6 nitrogen and oxygen atoms in total. The molecule has 36 heavy (non-hydrogen) atoms. The number of ether oxygens (including phenoxy) is 1. The van der Waals surface area contributed by atoms with E-state index in [9.17, 15) is 22.8 Å². The molecule has 0 saturated heterocycles. The van der Waals surface area contributed by atoms with Gasteiger partial charge in [-0.3, -0.25) is 9.59 Å². The van der Waals surface area contributed by atoms with Gasteiger partial charge in [0.25, 0.3) is 5.91 Å². The van der Waals surface area contributed by atoms with E-state index in [0.29, 0.717) is 18.7 Å². The van der Waals surface area contributed by atoms with Gasteiger partial charge in [0.2, 0.25) is 5.91 Å². The minimum atomic E-state index is -4.55. The van der Waals surface area contributed by atoms with Crippen molar-refractivity contribution in [2.45, 2.75) is 57.4 Å². The summed E-state index contributed by atoms with van der Waals surface area (Å²) in [5.41, 5.74) is -1.06. The molecule has 3 atom stereocenters. The van der Waals surface area contributed by atoms with Crippen LogP contribution in [-0.2, 0) is 11.0 Å². The predicted octanol–water partition coefficient (Wildman–Crippen LogP) is 4.51. The maximum absolute atomic E-state index is 12.9. The Hall–Kier alpha value is -3.07. The van der Waals surface area contributed by atoms with E-state index in [1.807, 2.05) is 30.3 Å². The maximum atomic E-state index is 12.9. The lowest BCUT2D eigenvalue weighted by Gasteiger charge is -2.41. The summed E-state index contributed by atoms with van der Waals surface area (Å²) in [7, 11) is 2.10. The van der Waals surface area contributed by atoms with E-state index in [2.05, 4.69) is 36.4 Å². The molecule has 2 aromatic carbocycles. The fraction of sp³-hybridized carbons (Fsp3) is 0.481. The molecule has 3 rings (SSSR count). The molecule has 2 N–H and O–H groups in total. The minimum absolute atomic E-state index is 0.0632. The van der Waals surface area contributed by atoms with Crippen molar-refractivity contribution in [3.05, 3.63) is 65.7 Å². The van der Waals surface area contributed by atoms with Crippen molar-refractivity contribution in [1.82, 2.24) is 15.5 Å². The average molecular weight is 506 g/mol. The van der Waals surface area contributed by atoms with Crippen LogP contribution in [-0.4, -0.2) is 55.0 Å². The highest BCUT2D eigenvalue weighted by molar-refractivity contribution is 5.96. The van der Waals surface area contributed by atoms with Gasteiger partial charge in [0.1, 0.15) is 5.75 Å². The van der Waals surface area contributed by atoms with Crippen LogP contribution in [0.5, 0.6) is 5.75 Å². The Balaban J connectivity index is 1.59. The largest absolute Gasteiger partial charge is 0.493 e. The highest BCUT2D eigenvalue weighted by atomic mass is 19.4. The molecule has 0 bridgehead atoms. The smallest absolute Gasteiger partial charge is 0.416 e. The number of nitrogens with zero attached hydrogens (tertiary/aromatic N) is 1. The second kappa shape index (κ2) is 12.3. The number of para-hydroxylation sites is 1. The Kier molecular flexibility index (Phi) is 9.37. The summed E-state index contributed by atoms with van der Waals surface area (Å²) in [4.78, 5) is 27.3. The van der Waals surface area contributed by atoms with Crippen LogP contribution in [0.15, 0.2) is 54.6 Å². The Morgan fingerprint density at radius 1 is 1.08 bits per heavy atom. The van der Waals surface area contributed by atoms with Gasteiger partial charge in [-0.15, -0.1) is 0 Å². The lowest BCUT2D eigenvalue weighted by atomic mass is 9.81. The van der Waals surface area contributed by atoms with Gasteiger partial charge in [-0.1, -0.05) is 24.3 Å². The van der Waals surface area contributed by atoms with Crippen molar-refractivity contribution in [3.63, 3.8) is 0 Å². The van der Waals surface area contributed by atoms with Gasteiger partial charge in [-0.2, -0.15) is 13.2 Å². The third-order valence-corrected chi connectivity index (χ3v) is 6.76. The van der Waals surface area contributed by atoms with Crippen LogP contribution in [0.3, 0.4) is 0 Å². The highest BCUT2D eigenvalue weighted by Crippen LogP contribution is 2.30. The number of halogens is 3. The number of rotatable bonds is 9. The molecule has 2 aromatic rings. The van der Waals surface area contributed by atoms with Crippen molar-refractivity contribution < 1.29 is 27.5 Å². The number of hydrogen-bond acceptors (Lipinski definition) is 4. The Bertz CT molecular complexity index is 1010. The van der Waals surface area contributed by atoms with Crippen LogP contribution in [0.25, 0.3) is 0 Å². The molecule has 0 radical (unpaired) electrons. The molecule has 1 saturated carbocycles. The molecule has 196 valence electrons. The number of alkyl halides is 3. The second-order valence-corrected chi connectivity index (χ2v) is 9.55. The Morgan fingerprint density at radius 2 is 1.81 bits per heavy atom. The number of carbonyl (C=O) groups is 2. The van der Waals surface area contributed by atoms with Gasteiger partial charge < -0.3 is 20.3 Å². The maximum Gasteiger partial charge on any atom is 0.416 e. The van der Waals surface area contributed by atoms with Crippen molar-refractivity contribution in [3.8, 4) is 5.75 Å². The summed E-state index contributed by atoms with van der Waals surface area (Å²) in [6.45, 7) is 4.41. The zero-order valence-corrected chi connectivity index (χ0v) is 20.8. The summed E-state index contributed by atoms with van der Waals surface area (Å²) in [5, 5.41) is 5.43. The first-order valence-corrected chi connectivity index (χ1v) is 12.2. The summed E-state index contributed by atoms with van der Waals surface area (Å²) in [6.07, 6.45) is -2.02. The molecule has 1 aliphatic carbocycles. The minimum Gasteiger partial charge on any atom is -0.493 e. The topological polar surface area (TPSA) is 70.7 Å². The average Bonchev–Trinajstić information content (AvgIpc) is 2.86. The third kappa shape index (κ3) is 7.71. The van der Waals surface area contributed by atoms with Gasteiger partial charge in [0.05, 0.1) is 18.7 Å². The first-order valence-electron chi connectivity index (χ1n) is 12.2. The van der Waals surface area contributed by atoms with Gasteiger partial charge in [-0.05, 0) is 70.5 Å². The van der Waals surface area contributed by atoms with Crippen LogP contribution in [0.2, 0.25) is 0 Å². The number of benzene rings is 2. The molecule has 2 amide bonds. The standard InChI is InChI=1S/C27H34F3N3O3/c1-18(2)33(3)22-12-13-24(20(15-22)17-36-23-10-5-4-6-11-23)32-25(34)16-31-26(35)19-8-7-9-21(14-19)27(28,29)30/h4-11,14,18,20,22,24H,12-13,15-17H2,1-3H3,(H,31,35)(H,32,34)/t20-,22-,24+/m1/s1. The highest BCUT2D eigenvalue weighted by Gasteiger charge is 2.34. The molecule has 1 aliphatic rings. The fourth-order valence-electron chi connectivity index (χ4n) is 4.48. The monoisotopic (exact) mass is 505 g/mol. The molecule has 0 spiro atoms. The van der Waals surface area contributed by atoms with Gasteiger partial charge >= 0.3 is 6.18 Å². The molecule has 0 heterocycles. The number of amides is 2. The molecule has 0 aromatic heterocycles. The van der Waals surface area contributed by atoms with Crippen LogP contribution in [0.4, 0.5) is 13.2 Å². The van der Waals surface area contributed by atoms with E-state index in [0.717, 1.165) is 37.1 Å². The predicted molar refractivity (Wildman–Crippen MR) is 132 cm³/mol.